The fourth-order valence-corrected chi connectivity index (χ4v) is 2.90. The van der Waals surface area contributed by atoms with Crippen LogP contribution in [0.1, 0.15) is 18.1 Å². The minimum absolute atomic E-state index is 0.0656. The van der Waals surface area contributed by atoms with Gasteiger partial charge in [0.2, 0.25) is 0 Å². The third-order valence-corrected chi connectivity index (χ3v) is 4.65. The van der Waals surface area contributed by atoms with Crippen LogP contribution in [-0.2, 0) is 16.3 Å². The molecule has 0 amide bonds. The summed E-state index contributed by atoms with van der Waals surface area (Å²) >= 11 is 0. The maximum Gasteiger partial charge on any atom is 0.175 e. The van der Waals surface area contributed by atoms with Crippen LogP contribution in [0.5, 0.6) is 5.75 Å². The average molecular weight is 338 g/mol. The Kier molecular flexibility index (Phi) is 4.89. The predicted octanol–water partition coefficient (Wildman–Crippen LogP) is 3.25. The Balaban J connectivity index is 2.40. The maximum absolute atomic E-state index is 14.1. The van der Waals surface area contributed by atoms with E-state index < -0.39 is 15.7 Å². The highest BCUT2D eigenvalue weighted by atomic mass is 32.2. The van der Waals surface area contributed by atoms with Crippen molar-refractivity contribution in [3.63, 3.8) is 0 Å². The van der Waals surface area contributed by atoms with E-state index in [-0.39, 0.29) is 10.6 Å². The van der Waals surface area contributed by atoms with Crippen LogP contribution in [0.2, 0.25) is 0 Å². The van der Waals surface area contributed by atoms with E-state index in [2.05, 4.69) is 10.3 Å². The molecule has 0 bridgehead atoms. The molecule has 23 heavy (non-hydrogen) atoms. The number of rotatable bonds is 5. The predicted molar refractivity (Wildman–Crippen MR) is 87.7 cm³/mol. The SMILES string of the molecule is CCc1cnc(Nc2ccc(S(C)(=O)=O)cc2F)c(C)c1OC. The van der Waals surface area contributed by atoms with Gasteiger partial charge in [0, 0.05) is 23.6 Å². The zero-order chi connectivity index (χ0) is 17.2. The molecule has 2 rings (SSSR count). The topological polar surface area (TPSA) is 68.3 Å². The van der Waals surface area contributed by atoms with Gasteiger partial charge in [-0.15, -0.1) is 0 Å². The molecular weight excluding hydrogens is 319 g/mol. The third-order valence-electron chi connectivity index (χ3n) is 3.54. The highest BCUT2D eigenvalue weighted by molar-refractivity contribution is 7.90. The van der Waals surface area contributed by atoms with E-state index in [0.717, 1.165) is 29.9 Å². The molecule has 0 saturated heterocycles. The zero-order valence-electron chi connectivity index (χ0n) is 13.5. The Morgan fingerprint density at radius 1 is 1.35 bits per heavy atom. The number of hydrogen-bond donors (Lipinski definition) is 1. The zero-order valence-corrected chi connectivity index (χ0v) is 14.3. The summed E-state index contributed by atoms with van der Waals surface area (Å²) in [5.74, 6) is 0.510. The number of nitrogens with zero attached hydrogens (tertiary/aromatic N) is 1. The number of aryl methyl sites for hydroxylation is 1. The van der Waals surface area contributed by atoms with Crippen molar-refractivity contribution in [3.8, 4) is 5.75 Å². The highest BCUT2D eigenvalue weighted by Crippen LogP contribution is 2.31. The molecule has 0 unspecified atom stereocenters. The Bertz CT molecular complexity index is 835. The number of methoxy groups -OCH3 is 1. The van der Waals surface area contributed by atoms with Crippen LogP contribution >= 0.6 is 0 Å². The van der Waals surface area contributed by atoms with Crippen molar-refractivity contribution >= 4 is 21.3 Å². The minimum Gasteiger partial charge on any atom is -0.496 e. The summed E-state index contributed by atoms with van der Waals surface area (Å²) in [4.78, 5) is 4.22. The van der Waals surface area contributed by atoms with Crippen molar-refractivity contribution in [2.45, 2.75) is 25.2 Å². The largest absolute Gasteiger partial charge is 0.496 e. The number of ether oxygens (including phenoxy) is 1. The fraction of sp³-hybridized carbons (Fsp3) is 0.312. The first-order chi connectivity index (χ1) is 10.8. The molecule has 1 aromatic carbocycles. The number of hydrogen-bond acceptors (Lipinski definition) is 5. The van der Waals surface area contributed by atoms with Gasteiger partial charge in [0.15, 0.2) is 9.84 Å². The van der Waals surface area contributed by atoms with E-state index in [4.69, 9.17) is 4.74 Å². The number of pyridine rings is 1. The second kappa shape index (κ2) is 6.54. The number of aromatic nitrogens is 1. The van der Waals surface area contributed by atoms with E-state index in [1.54, 1.807) is 13.3 Å². The van der Waals surface area contributed by atoms with Gasteiger partial charge in [-0.25, -0.2) is 17.8 Å². The van der Waals surface area contributed by atoms with Crippen molar-refractivity contribution in [2.24, 2.45) is 0 Å². The van der Waals surface area contributed by atoms with Crippen molar-refractivity contribution in [1.82, 2.24) is 4.98 Å². The molecule has 0 aliphatic heterocycles. The van der Waals surface area contributed by atoms with Gasteiger partial charge < -0.3 is 10.1 Å². The molecule has 0 atom stereocenters. The summed E-state index contributed by atoms with van der Waals surface area (Å²) in [5, 5.41) is 2.88. The first-order valence-corrected chi connectivity index (χ1v) is 8.96. The molecule has 124 valence electrons. The lowest BCUT2D eigenvalue weighted by Gasteiger charge is -2.15. The Hall–Kier alpha value is -2.15. The second-order valence-corrected chi connectivity index (χ2v) is 7.20. The third kappa shape index (κ3) is 3.61. The number of anilines is 2. The van der Waals surface area contributed by atoms with Crippen LogP contribution in [0.25, 0.3) is 0 Å². The van der Waals surface area contributed by atoms with E-state index >= 15 is 0 Å². The van der Waals surface area contributed by atoms with Crippen LogP contribution in [-0.4, -0.2) is 26.8 Å². The standard InChI is InChI=1S/C16H19FN2O3S/c1-5-11-9-18-16(10(2)15(11)22-3)19-14-7-6-12(8-13(14)17)23(4,20)21/h6-9H,5H2,1-4H3,(H,18,19). The minimum atomic E-state index is -3.45. The second-order valence-electron chi connectivity index (χ2n) is 5.18. The fourth-order valence-electron chi connectivity index (χ4n) is 2.26. The monoisotopic (exact) mass is 338 g/mol. The van der Waals surface area contributed by atoms with Gasteiger partial charge in [0.05, 0.1) is 17.7 Å². The van der Waals surface area contributed by atoms with E-state index in [0.29, 0.717) is 11.6 Å². The summed E-state index contributed by atoms with van der Waals surface area (Å²) in [6.07, 6.45) is 3.49. The van der Waals surface area contributed by atoms with Gasteiger partial charge in [-0.05, 0) is 31.5 Å². The summed E-state index contributed by atoms with van der Waals surface area (Å²) in [6.45, 7) is 3.83. The summed E-state index contributed by atoms with van der Waals surface area (Å²) < 4.78 is 42.4. The Labute approximate surface area is 135 Å². The number of halogens is 1. The Morgan fingerprint density at radius 2 is 2.04 bits per heavy atom. The summed E-state index contributed by atoms with van der Waals surface area (Å²) in [6, 6.07) is 3.73. The average Bonchev–Trinajstić information content (AvgIpc) is 2.49. The molecule has 0 radical (unpaired) electrons. The van der Waals surface area contributed by atoms with E-state index in [1.165, 1.54) is 12.1 Å². The summed E-state index contributed by atoms with van der Waals surface area (Å²) in [7, 11) is -1.87. The van der Waals surface area contributed by atoms with Crippen LogP contribution in [0.3, 0.4) is 0 Å². The molecule has 0 aliphatic rings. The molecule has 0 aliphatic carbocycles. The normalized spacial score (nSPS) is 11.3. The van der Waals surface area contributed by atoms with Crippen molar-refractivity contribution in [1.29, 1.82) is 0 Å². The molecule has 0 saturated carbocycles. The molecule has 5 nitrogen and oxygen atoms in total. The van der Waals surface area contributed by atoms with Gasteiger partial charge in [0.25, 0.3) is 0 Å². The molecular formula is C16H19FN2O3S. The maximum atomic E-state index is 14.1. The van der Waals surface area contributed by atoms with Crippen LogP contribution < -0.4 is 10.1 Å². The van der Waals surface area contributed by atoms with Gasteiger partial charge in [-0.3, -0.25) is 0 Å². The first kappa shape index (κ1) is 17.2. The van der Waals surface area contributed by atoms with Crippen LogP contribution in [0, 0.1) is 12.7 Å². The molecule has 0 fully saturated rings. The van der Waals surface area contributed by atoms with E-state index in [1.807, 2.05) is 13.8 Å². The molecule has 1 N–H and O–H groups in total. The molecule has 1 aromatic heterocycles. The lowest BCUT2D eigenvalue weighted by Crippen LogP contribution is -2.04. The number of benzene rings is 1. The highest BCUT2D eigenvalue weighted by Gasteiger charge is 2.14. The molecule has 0 spiro atoms. The summed E-state index contributed by atoms with van der Waals surface area (Å²) in [5.41, 5.74) is 1.88. The van der Waals surface area contributed by atoms with Gasteiger partial charge >= 0.3 is 0 Å². The first-order valence-electron chi connectivity index (χ1n) is 7.07. The Morgan fingerprint density at radius 3 is 2.57 bits per heavy atom. The number of sulfone groups is 1. The van der Waals surface area contributed by atoms with Crippen molar-refractivity contribution in [2.75, 3.05) is 18.7 Å². The number of nitrogens with one attached hydrogen (secondary N) is 1. The molecule has 1 heterocycles. The van der Waals surface area contributed by atoms with Gasteiger partial charge in [-0.2, -0.15) is 0 Å². The van der Waals surface area contributed by atoms with Crippen molar-refractivity contribution in [3.05, 3.63) is 41.3 Å². The van der Waals surface area contributed by atoms with Crippen molar-refractivity contribution < 1.29 is 17.5 Å². The lowest BCUT2D eigenvalue weighted by molar-refractivity contribution is 0.406. The molecule has 2 aromatic rings. The quantitative estimate of drug-likeness (QED) is 0.906. The lowest BCUT2D eigenvalue weighted by atomic mass is 10.1. The van der Waals surface area contributed by atoms with Gasteiger partial charge in [-0.1, -0.05) is 6.92 Å². The van der Waals surface area contributed by atoms with E-state index in [9.17, 15) is 12.8 Å². The molecule has 7 heteroatoms. The van der Waals surface area contributed by atoms with Gasteiger partial charge in [0.1, 0.15) is 17.4 Å². The smallest absolute Gasteiger partial charge is 0.175 e. The van der Waals surface area contributed by atoms with Crippen LogP contribution in [0.15, 0.2) is 29.3 Å². The van der Waals surface area contributed by atoms with Crippen LogP contribution in [0.4, 0.5) is 15.9 Å².